The molecule has 0 saturated carbocycles. The predicted octanol–water partition coefficient (Wildman–Crippen LogP) is 2.69. The van der Waals surface area contributed by atoms with Gasteiger partial charge in [0.25, 0.3) is 0 Å². The van der Waals surface area contributed by atoms with Gasteiger partial charge in [-0.25, -0.2) is 0 Å². The summed E-state index contributed by atoms with van der Waals surface area (Å²) in [7, 11) is 0. The molecule has 1 aromatic heterocycles. The summed E-state index contributed by atoms with van der Waals surface area (Å²) in [6, 6.07) is 0. The third-order valence-corrected chi connectivity index (χ3v) is 4.68. The van der Waals surface area contributed by atoms with Gasteiger partial charge in [0.05, 0.1) is 16.4 Å². The van der Waals surface area contributed by atoms with Crippen LogP contribution in [-0.2, 0) is 13.1 Å². The first-order chi connectivity index (χ1) is 9.65. The number of nitrogens with one attached hydrogen (secondary N) is 1. The summed E-state index contributed by atoms with van der Waals surface area (Å²) in [4.78, 5) is 2.49. The summed E-state index contributed by atoms with van der Waals surface area (Å²) in [5.41, 5.74) is 2.11. The minimum absolute atomic E-state index is 0.765. The van der Waals surface area contributed by atoms with E-state index in [1.165, 1.54) is 19.4 Å². The molecule has 0 aromatic carbocycles. The number of aryl methyl sites for hydroxylation is 2. The van der Waals surface area contributed by atoms with E-state index in [0.717, 1.165) is 55.1 Å². The lowest BCUT2D eigenvalue weighted by Gasteiger charge is -2.29. The van der Waals surface area contributed by atoms with Gasteiger partial charge < -0.3 is 5.32 Å². The Kier molecular flexibility index (Phi) is 5.87. The molecule has 1 atom stereocenters. The molecule has 1 aromatic rings. The van der Waals surface area contributed by atoms with Crippen molar-refractivity contribution in [3.63, 3.8) is 0 Å². The van der Waals surface area contributed by atoms with Crippen LogP contribution in [0.3, 0.4) is 0 Å². The van der Waals surface area contributed by atoms with Gasteiger partial charge in [-0.1, -0.05) is 18.5 Å². The van der Waals surface area contributed by atoms with Crippen LogP contribution in [-0.4, -0.2) is 40.9 Å². The molecule has 0 amide bonds. The summed E-state index contributed by atoms with van der Waals surface area (Å²) >= 11 is 6.41. The summed E-state index contributed by atoms with van der Waals surface area (Å²) in [6.07, 6.45) is 2.64. The highest BCUT2D eigenvalue weighted by Gasteiger charge is 2.19. The molecule has 1 saturated heterocycles. The molecule has 114 valence electrons. The SMILES string of the molecule is CCN(Cc1c(Cl)c(C)nn1CC)CC1CCCNC1. The van der Waals surface area contributed by atoms with Crippen LogP contribution in [0.15, 0.2) is 0 Å². The average molecular weight is 299 g/mol. The zero-order valence-electron chi connectivity index (χ0n) is 13.0. The van der Waals surface area contributed by atoms with Crippen LogP contribution in [0.1, 0.15) is 38.1 Å². The second-order valence-electron chi connectivity index (χ2n) is 5.70. The molecule has 20 heavy (non-hydrogen) atoms. The maximum atomic E-state index is 6.41. The Hall–Kier alpha value is -0.580. The van der Waals surface area contributed by atoms with E-state index in [2.05, 4.69) is 29.2 Å². The first kappa shape index (κ1) is 15.8. The zero-order valence-corrected chi connectivity index (χ0v) is 13.7. The Bertz CT molecular complexity index is 424. The Morgan fingerprint density at radius 1 is 1.45 bits per heavy atom. The number of piperidine rings is 1. The highest BCUT2D eigenvalue weighted by molar-refractivity contribution is 6.31. The van der Waals surface area contributed by atoms with Gasteiger partial charge in [-0.2, -0.15) is 5.10 Å². The van der Waals surface area contributed by atoms with Gasteiger partial charge in [-0.3, -0.25) is 9.58 Å². The third-order valence-electron chi connectivity index (χ3n) is 4.19. The normalized spacial score (nSPS) is 19.8. The number of hydrogen-bond acceptors (Lipinski definition) is 3. The van der Waals surface area contributed by atoms with Gasteiger partial charge >= 0.3 is 0 Å². The van der Waals surface area contributed by atoms with Crippen molar-refractivity contribution in [2.24, 2.45) is 5.92 Å². The van der Waals surface area contributed by atoms with E-state index in [1.54, 1.807) is 0 Å². The van der Waals surface area contributed by atoms with Gasteiger partial charge in [-0.05, 0) is 52.2 Å². The summed E-state index contributed by atoms with van der Waals surface area (Å²) in [5.74, 6) is 0.765. The van der Waals surface area contributed by atoms with Crippen molar-refractivity contribution in [3.8, 4) is 0 Å². The molecule has 5 heteroatoms. The van der Waals surface area contributed by atoms with Crippen molar-refractivity contribution in [1.29, 1.82) is 0 Å². The molecule has 0 aliphatic carbocycles. The fourth-order valence-corrected chi connectivity index (χ4v) is 3.18. The first-order valence-electron chi connectivity index (χ1n) is 7.80. The molecule has 2 rings (SSSR count). The standard InChI is InChI=1S/C15H27ClN4/c1-4-19(10-13-7-6-8-17-9-13)11-14-15(16)12(3)18-20(14)5-2/h13,17H,4-11H2,1-3H3. The number of nitrogens with zero attached hydrogens (tertiary/aromatic N) is 3. The fraction of sp³-hybridized carbons (Fsp3) is 0.800. The Morgan fingerprint density at radius 3 is 2.85 bits per heavy atom. The number of halogens is 1. The molecular formula is C15H27ClN4. The van der Waals surface area contributed by atoms with Crippen LogP contribution in [0.25, 0.3) is 0 Å². The van der Waals surface area contributed by atoms with Crippen molar-refractivity contribution in [1.82, 2.24) is 20.0 Å². The maximum absolute atomic E-state index is 6.41. The summed E-state index contributed by atoms with van der Waals surface area (Å²) < 4.78 is 2.04. The van der Waals surface area contributed by atoms with Crippen molar-refractivity contribution >= 4 is 11.6 Å². The van der Waals surface area contributed by atoms with Gasteiger partial charge in [0.2, 0.25) is 0 Å². The van der Waals surface area contributed by atoms with Gasteiger partial charge in [0, 0.05) is 19.6 Å². The molecule has 0 spiro atoms. The highest BCUT2D eigenvalue weighted by atomic mass is 35.5. The van der Waals surface area contributed by atoms with Crippen LogP contribution in [0.5, 0.6) is 0 Å². The van der Waals surface area contributed by atoms with Gasteiger partial charge in [0.1, 0.15) is 0 Å². The fourth-order valence-electron chi connectivity index (χ4n) is 2.98. The largest absolute Gasteiger partial charge is 0.316 e. The van der Waals surface area contributed by atoms with Crippen LogP contribution in [0, 0.1) is 12.8 Å². The molecule has 0 radical (unpaired) electrons. The second-order valence-corrected chi connectivity index (χ2v) is 6.08. The highest BCUT2D eigenvalue weighted by Crippen LogP contribution is 2.22. The minimum atomic E-state index is 0.765. The van der Waals surface area contributed by atoms with E-state index < -0.39 is 0 Å². The van der Waals surface area contributed by atoms with Crippen molar-refractivity contribution in [2.75, 3.05) is 26.2 Å². The van der Waals surface area contributed by atoms with E-state index in [-0.39, 0.29) is 0 Å². The lowest BCUT2D eigenvalue weighted by atomic mass is 9.99. The minimum Gasteiger partial charge on any atom is -0.316 e. The monoisotopic (exact) mass is 298 g/mol. The van der Waals surface area contributed by atoms with Crippen molar-refractivity contribution in [2.45, 2.75) is 46.7 Å². The molecule has 0 bridgehead atoms. The van der Waals surface area contributed by atoms with E-state index in [0.29, 0.717) is 0 Å². The number of aromatic nitrogens is 2. The molecular weight excluding hydrogens is 272 g/mol. The zero-order chi connectivity index (χ0) is 14.5. The molecule has 1 N–H and O–H groups in total. The molecule has 1 fully saturated rings. The maximum Gasteiger partial charge on any atom is 0.0860 e. The topological polar surface area (TPSA) is 33.1 Å². The quantitative estimate of drug-likeness (QED) is 0.876. The lowest BCUT2D eigenvalue weighted by Crippen LogP contribution is -2.38. The smallest absolute Gasteiger partial charge is 0.0860 e. The van der Waals surface area contributed by atoms with Crippen molar-refractivity contribution in [3.05, 3.63) is 16.4 Å². The first-order valence-corrected chi connectivity index (χ1v) is 8.18. The average Bonchev–Trinajstić information content (AvgIpc) is 2.75. The van der Waals surface area contributed by atoms with E-state index >= 15 is 0 Å². The summed E-state index contributed by atoms with van der Waals surface area (Å²) in [6.45, 7) is 12.6. The van der Waals surface area contributed by atoms with Gasteiger partial charge in [-0.15, -0.1) is 0 Å². The predicted molar refractivity (Wildman–Crippen MR) is 84.2 cm³/mol. The van der Waals surface area contributed by atoms with Gasteiger partial charge in [0.15, 0.2) is 0 Å². The number of rotatable bonds is 6. The number of hydrogen-bond donors (Lipinski definition) is 1. The lowest BCUT2D eigenvalue weighted by molar-refractivity contribution is 0.205. The summed E-state index contributed by atoms with van der Waals surface area (Å²) in [5, 5.41) is 8.84. The molecule has 1 unspecified atom stereocenters. The van der Waals surface area contributed by atoms with Crippen LogP contribution in [0.2, 0.25) is 5.02 Å². The van der Waals surface area contributed by atoms with E-state index in [9.17, 15) is 0 Å². The van der Waals surface area contributed by atoms with Crippen molar-refractivity contribution < 1.29 is 0 Å². The molecule has 1 aliphatic heterocycles. The second kappa shape index (κ2) is 7.43. The van der Waals surface area contributed by atoms with Crippen LogP contribution < -0.4 is 5.32 Å². The molecule has 4 nitrogen and oxygen atoms in total. The van der Waals surface area contributed by atoms with E-state index in [1.807, 2.05) is 11.6 Å². The van der Waals surface area contributed by atoms with E-state index in [4.69, 9.17) is 11.6 Å². The van der Waals surface area contributed by atoms with Crippen LogP contribution >= 0.6 is 11.6 Å². The Labute approximate surface area is 127 Å². The Morgan fingerprint density at radius 2 is 2.25 bits per heavy atom. The van der Waals surface area contributed by atoms with Crippen LogP contribution in [0.4, 0.5) is 0 Å². The third kappa shape index (κ3) is 3.74. The molecule has 2 heterocycles. The Balaban J connectivity index is 2.02. The molecule has 1 aliphatic rings.